The van der Waals surface area contributed by atoms with Crippen LogP contribution in [0.25, 0.3) is 11.5 Å². The molecule has 170 valence electrons. The molecule has 5 rings (SSSR count). The number of aromatic nitrogens is 6. The molecule has 1 aliphatic rings. The Labute approximate surface area is 189 Å². The molecule has 1 amide bonds. The highest BCUT2D eigenvalue weighted by molar-refractivity contribution is 5.95. The van der Waals surface area contributed by atoms with Gasteiger partial charge < -0.3 is 19.5 Å². The van der Waals surface area contributed by atoms with Crippen molar-refractivity contribution in [3.8, 4) is 23.1 Å². The summed E-state index contributed by atoms with van der Waals surface area (Å²) in [5.41, 5.74) is 3.11. The summed E-state index contributed by atoms with van der Waals surface area (Å²) in [5, 5.41) is 20.4. The van der Waals surface area contributed by atoms with Crippen molar-refractivity contribution in [2.24, 2.45) is 0 Å². The molecule has 11 nitrogen and oxygen atoms in total. The largest absolute Gasteiger partial charge is 0.496 e. The molecule has 0 bridgehead atoms. The van der Waals surface area contributed by atoms with Gasteiger partial charge in [0, 0.05) is 29.5 Å². The number of carbonyl (C=O) groups excluding carboxylic acids is 1. The van der Waals surface area contributed by atoms with E-state index in [1.807, 2.05) is 26.0 Å². The SMILES string of the molecule is COc1cc(OC)c([C@H]2CC(=O)Nc3c2c(C)nn3-c2ccc3nnc(C)n3n2)cc1OC. The standard InChI is InChI=1S/C22H23N7O4/c1-11-21-14(13-8-16(32-4)17(33-5)10-15(13)31-3)9-20(30)23-22(21)29(26-11)19-7-6-18-25-24-12(2)28(18)27-19/h6-8,10,14H,9H2,1-5H3,(H,23,30)/t14-/m1/s1. The lowest BCUT2D eigenvalue weighted by Gasteiger charge is -2.26. The van der Waals surface area contributed by atoms with Gasteiger partial charge in [0.2, 0.25) is 5.91 Å². The molecule has 1 atom stereocenters. The van der Waals surface area contributed by atoms with E-state index in [9.17, 15) is 4.79 Å². The number of rotatable bonds is 5. The molecule has 0 fully saturated rings. The third-order valence-electron chi connectivity index (χ3n) is 5.84. The fourth-order valence-electron chi connectivity index (χ4n) is 4.30. The summed E-state index contributed by atoms with van der Waals surface area (Å²) in [4.78, 5) is 12.8. The number of fused-ring (bicyclic) bond motifs is 2. The third kappa shape index (κ3) is 3.23. The van der Waals surface area contributed by atoms with E-state index in [4.69, 9.17) is 19.3 Å². The van der Waals surface area contributed by atoms with Crippen LogP contribution in [-0.4, -0.2) is 56.8 Å². The lowest BCUT2D eigenvalue weighted by Crippen LogP contribution is -2.25. The first kappa shape index (κ1) is 20.7. The van der Waals surface area contributed by atoms with Crippen molar-refractivity contribution >= 4 is 17.4 Å². The Hall–Kier alpha value is -4.15. The molecule has 4 aromatic rings. The highest BCUT2D eigenvalue weighted by atomic mass is 16.5. The zero-order valence-electron chi connectivity index (χ0n) is 18.9. The van der Waals surface area contributed by atoms with Crippen LogP contribution in [-0.2, 0) is 4.79 Å². The quantitative estimate of drug-likeness (QED) is 0.494. The number of ether oxygens (including phenoxy) is 3. The molecule has 1 N–H and O–H groups in total. The van der Waals surface area contributed by atoms with Crippen LogP contribution in [0.5, 0.6) is 17.2 Å². The van der Waals surface area contributed by atoms with Crippen molar-refractivity contribution < 1.29 is 19.0 Å². The van der Waals surface area contributed by atoms with Gasteiger partial charge in [-0.3, -0.25) is 4.79 Å². The van der Waals surface area contributed by atoms with Crippen molar-refractivity contribution in [1.82, 2.24) is 29.6 Å². The van der Waals surface area contributed by atoms with E-state index in [2.05, 4.69) is 20.6 Å². The minimum absolute atomic E-state index is 0.132. The third-order valence-corrected chi connectivity index (χ3v) is 5.84. The van der Waals surface area contributed by atoms with Crippen molar-refractivity contribution in [3.63, 3.8) is 0 Å². The second-order valence-electron chi connectivity index (χ2n) is 7.72. The second-order valence-corrected chi connectivity index (χ2v) is 7.72. The molecule has 0 aliphatic carbocycles. The van der Waals surface area contributed by atoms with E-state index in [0.717, 1.165) is 16.8 Å². The van der Waals surface area contributed by atoms with E-state index in [-0.39, 0.29) is 18.2 Å². The molecule has 0 saturated carbocycles. The molecule has 11 heteroatoms. The molecule has 1 aromatic carbocycles. The van der Waals surface area contributed by atoms with E-state index < -0.39 is 0 Å². The average Bonchev–Trinajstić information content (AvgIpc) is 3.36. The number of carbonyl (C=O) groups is 1. The van der Waals surface area contributed by atoms with Crippen molar-refractivity contribution in [2.75, 3.05) is 26.6 Å². The Morgan fingerprint density at radius 1 is 0.970 bits per heavy atom. The maximum Gasteiger partial charge on any atom is 0.226 e. The summed E-state index contributed by atoms with van der Waals surface area (Å²) in [6, 6.07) is 7.23. The maximum atomic E-state index is 12.8. The summed E-state index contributed by atoms with van der Waals surface area (Å²) < 4.78 is 19.8. The molecule has 0 spiro atoms. The van der Waals surface area contributed by atoms with Crippen LogP contribution in [0.4, 0.5) is 5.82 Å². The first-order valence-electron chi connectivity index (χ1n) is 10.3. The molecular weight excluding hydrogens is 426 g/mol. The molecule has 0 unspecified atom stereocenters. The molecule has 33 heavy (non-hydrogen) atoms. The lowest BCUT2D eigenvalue weighted by molar-refractivity contribution is -0.116. The molecule has 0 saturated heterocycles. The summed E-state index contributed by atoms with van der Waals surface area (Å²) in [6.45, 7) is 3.73. The second kappa shape index (κ2) is 7.76. The van der Waals surface area contributed by atoms with Gasteiger partial charge in [0.15, 0.2) is 28.8 Å². The summed E-state index contributed by atoms with van der Waals surface area (Å²) in [7, 11) is 4.73. The number of aryl methyl sites for hydroxylation is 2. The Morgan fingerprint density at radius 2 is 1.70 bits per heavy atom. The van der Waals surface area contributed by atoms with Crippen LogP contribution >= 0.6 is 0 Å². The zero-order chi connectivity index (χ0) is 23.3. The van der Waals surface area contributed by atoms with Gasteiger partial charge in [0.05, 0.1) is 27.0 Å². The van der Waals surface area contributed by atoms with Crippen LogP contribution in [0, 0.1) is 13.8 Å². The number of methoxy groups -OCH3 is 3. The van der Waals surface area contributed by atoms with Crippen molar-refractivity contribution in [3.05, 3.63) is 46.9 Å². The molecular formula is C22H23N7O4. The first-order valence-corrected chi connectivity index (χ1v) is 10.3. The van der Waals surface area contributed by atoms with Gasteiger partial charge in [-0.15, -0.1) is 15.3 Å². The Balaban J connectivity index is 1.69. The number of hydrogen-bond acceptors (Lipinski definition) is 8. The first-order chi connectivity index (χ1) is 15.9. The lowest BCUT2D eigenvalue weighted by atomic mass is 9.85. The van der Waals surface area contributed by atoms with Crippen LogP contribution in [0.2, 0.25) is 0 Å². The predicted molar refractivity (Wildman–Crippen MR) is 119 cm³/mol. The maximum absolute atomic E-state index is 12.8. The highest BCUT2D eigenvalue weighted by Crippen LogP contribution is 2.46. The topological polar surface area (TPSA) is 118 Å². The van der Waals surface area contributed by atoms with E-state index in [1.54, 1.807) is 42.7 Å². The fourth-order valence-corrected chi connectivity index (χ4v) is 4.30. The Morgan fingerprint density at radius 3 is 2.42 bits per heavy atom. The monoisotopic (exact) mass is 449 g/mol. The smallest absolute Gasteiger partial charge is 0.226 e. The average molecular weight is 449 g/mol. The summed E-state index contributed by atoms with van der Waals surface area (Å²) in [5.74, 6) is 3.04. The van der Waals surface area contributed by atoms with Gasteiger partial charge in [0.1, 0.15) is 11.6 Å². The van der Waals surface area contributed by atoms with Gasteiger partial charge in [-0.05, 0) is 32.0 Å². The van der Waals surface area contributed by atoms with Crippen LogP contribution in [0.1, 0.15) is 35.0 Å². The van der Waals surface area contributed by atoms with Crippen molar-refractivity contribution in [1.29, 1.82) is 0 Å². The summed E-state index contributed by atoms with van der Waals surface area (Å²) >= 11 is 0. The number of amides is 1. The van der Waals surface area contributed by atoms with Gasteiger partial charge in [0.25, 0.3) is 0 Å². The molecule has 3 aromatic heterocycles. The number of nitrogens with one attached hydrogen (secondary N) is 1. The normalized spacial score (nSPS) is 15.3. The summed E-state index contributed by atoms with van der Waals surface area (Å²) in [6.07, 6.45) is 0.238. The van der Waals surface area contributed by atoms with Gasteiger partial charge >= 0.3 is 0 Å². The van der Waals surface area contributed by atoms with Gasteiger partial charge in [-0.2, -0.15) is 14.3 Å². The molecule has 0 radical (unpaired) electrons. The highest BCUT2D eigenvalue weighted by Gasteiger charge is 2.35. The van der Waals surface area contributed by atoms with Crippen LogP contribution < -0.4 is 19.5 Å². The number of benzene rings is 1. The number of nitrogens with zero attached hydrogens (tertiary/aromatic N) is 6. The zero-order valence-corrected chi connectivity index (χ0v) is 18.9. The Kier molecular flexibility index (Phi) is 4.88. The minimum Gasteiger partial charge on any atom is -0.496 e. The molecule has 1 aliphatic heterocycles. The minimum atomic E-state index is -0.294. The van der Waals surface area contributed by atoms with Gasteiger partial charge in [-0.25, -0.2) is 0 Å². The van der Waals surface area contributed by atoms with E-state index in [1.165, 1.54) is 0 Å². The van der Waals surface area contributed by atoms with Crippen LogP contribution in [0.3, 0.4) is 0 Å². The Bertz CT molecular complexity index is 1390. The number of anilines is 1. The van der Waals surface area contributed by atoms with E-state index in [0.29, 0.717) is 40.4 Å². The van der Waals surface area contributed by atoms with Crippen LogP contribution in [0.15, 0.2) is 24.3 Å². The predicted octanol–water partition coefficient (Wildman–Crippen LogP) is 2.43. The van der Waals surface area contributed by atoms with Gasteiger partial charge in [-0.1, -0.05) is 0 Å². The molecule has 4 heterocycles. The number of hydrogen-bond donors (Lipinski definition) is 1. The van der Waals surface area contributed by atoms with E-state index >= 15 is 0 Å². The van der Waals surface area contributed by atoms with Crippen molar-refractivity contribution in [2.45, 2.75) is 26.2 Å². The fraction of sp³-hybridized carbons (Fsp3) is 0.318.